The van der Waals surface area contributed by atoms with Crippen LogP contribution < -0.4 is 10.1 Å². The highest BCUT2D eigenvalue weighted by Gasteiger charge is 2.17. The van der Waals surface area contributed by atoms with E-state index in [4.69, 9.17) is 16.3 Å². The molecule has 1 N–H and O–H groups in total. The van der Waals surface area contributed by atoms with Crippen molar-refractivity contribution in [3.05, 3.63) is 58.7 Å². The van der Waals surface area contributed by atoms with Gasteiger partial charge < -0.3 is 10.1 Å². The average molecular weight is 349 g/mol. The van der Waals surface area contributed by atoms with E-state index >= 15 is 0 Å². The van der Waals surface area contributed by atoms with Gasteiger partial charge in [0.05, 0.1) is 5.56 Å². The van der Waals surface area contributed by atoms with Gasteiger partial charge in [-0.05, 0) is 35.9 Å². The van der Waals surface area contributed by atoms with Crippen LogP contribution in [0.1, 0.15) is 22.3 Å². The zero-order valence-electron chi connectivity index (χ0n) is 12.5. The highest BCUT2D eigenvalue weighted by atomic mass is 35.5. The quantitative estimate of drug-likeness (QED) is 0.897. The number of carbonyl (C=O) groups is 1. The number of aromatic nitrogens is 1. The van der Waals surface area contributed by atoms with Crippen molar-refractivity contribution < 1.29 is 9.53 Å². The maximum atomic E-state index is 12.1. The zero-order valence-corrected chi connectivity index (χ0v) is 14.1. The molecule has 0 bridgehead atoms. The molecule has 23 heavy (non-hydrogen) atoms. The van der Waals surface area contributed by atoms with E-state index in [9.17, 15) is 4.79 Å². The maximum absolute atomic E-state index is 12.1. The molecule has 2 aromatic rings. The highest BCUT2D eigenvalue weighted by molar-refractivity contribution is 7.99. The number of rotatable bonds is 5. The van der Waals surface area contributed by atoms with E-state index in [1.54, 1.807) is 30.5 Å². The van der Waals surface area contributed by atoms with Gasteiger partial charge >= 0.3 is 0 Å². The lowest BCUT2D eigenvalue weighted by molar-refractivity contribution is 0.0950. The number of nitrogens with zero attached hydrogens (tertiary/aromatic N) is 1. The SMILES string of the molecule is O=C(NCc1ccc(Cl)cc1)c1ccc(OC2CCSC2)nc1. The van der Waals surface area contributed by atoms with Crippen molar-refractivity contribution in [1.82, 2.24) is 10.3 Å². The van der Waals surface area contributed by atoms with Crippen LogP contribution in [0.2, 0.25) is 5.02 Å². The van der Waals surface area contributed by atoms with E-state index in [-0.39, 0.29) is 12.0 Å². The topological polar surface area (TPSA) is 51.2 Å². The first-order valence-corrected chi connectivity index (χ1v) is 8.97. The van der Waals surface area contributed by atoms with Crippen molar-refractivity contribution in [2.45, 2.75) is 19.1 Å². The van der Waals surface area contributed by atoms with Crippen molar-refractivity contribution >= 4 is 29.3 Å². The van der Waals surface area contributed by atoms with Crippen molar-refractivity contribution in [3.8, 4) is 5.88 Å². The minimum atomic E-state index is -0.157. The lowest BCUT2D eigenvalue weighted by Crippen LogP contribution is -2.23. The largest absolute Gasteiger partial charge is 0.473 e. The van der Waals surface area contributed by atoms with Gasteiger partial charge in [-0.15, -0.1) is 0 Å². The van der Waals surface area contributed by atoms with Crippen LogP contribution in [-0.2, 0) is 6.54 Å². The van der Waals surface area contributed by atoms with Gasteiger partial charge in [0.2, 0.25) is 5.88 Å². The molecule has 4 nitrogen and oxygen atoms in total. The molecule has 2 heterocycles. The normalized spacial score (nSPS) is 17.0. The molecule has 1 unspecified atom stereocenters. The molecule has 1 fully saturated rings. The van der Waals surface area contributed by atoms with E-state index in [2.05, 4.69) is 10.3 Å². The molecule has 1 aromatic heterocycles. The third kappa shape index (κ3) is 4.62. The number of hydrogen-bond acceptors (Lipinski definition) is 4. The van der Waals surface area contributed by atoms with Gasteiger partial charge in [0.15, 0.2) is 0 Å². The third-order valence-corrected chi connectivity index (χ3v) is 4.92. The van der Waals surface area contributed by atoms with Gasteiger partial charge in [0.25, 0.3) is 5.91 Å². The van der Waals surface area contributed by atoms with Gasteiger partial charge in [0.1, 0.15) is 6.10 Å². The Morgan fingerprint density at radius 2 is 2.13 bits per heavy atom. The average Bonchev–Trinajstić information content (AvgIpc) is 3.08. The predicted octanol–water partition coefficient (Wildman–Crippen LogP) is 3.55. The van der Waals surface area contributed by atoms with Crippen molar-refractivity contribution in [2.24, 2.45) is 0 Å². The number of thioether (sulfide) groups is 1. The lowest BCUT2D eigenvalue weighted by Gasteiger charge is -2.11. The fourth-order valence-corrected chi connectivity index (χ4v) is 3.47. The molecule has 0 radical (unpaired) electrons. The second kappa shape index (κ2) is 7.70. The zero-order chi connectivity index (χ0) is 16.1. The summed E-state index contributed by atoms with van der Waals surface area (Å²) in [5.41, 5.74) is 1.52. The van der Waals surface area contributed by atoms with Gasteiger partial charge in [-0.2, -0.15) is 11.8 Å². The summed E-state index contributed by atoms with van der Waals surface area (Å²) >= 11 is 7.73. The molecule has 1 atom stereocenters. The first kappa shape index (κ1) is 16.1. The third-order valence-electron chi connectivity index (χ3n) is 3.54. The summed E-state index contributed by atoms with van der Waals surface area (Å²) in [5, 5.41) is 3.54. The van der Waals surface area contributed by atoms with Crippen LogP contribution >= 0.6 is 23.4 Å². The molecule has 1 aromatic carbocycles. The summed E-state index contributed by atoms with van der Waals surface area (Å²) in [6.45, 7) is 0.452. The standard InChI is InChI=1S/C17H17ClN2O2S/c18-14-4-1-12(2-5-14)9-20-17(21)13-3-6-16(19-10-13)22-15-7-8-23-11-15/h1-6,10,15H,7-9,11H2,(H,20,21). The molecule has 120 valence electrons. The fraction of sp³-hybridized carbons (Fsp3) is 0.294. The smallest absolute Gasteiger partial charge is 0.253 e. The molecule has 6 heteroatoms. The number of ether oxygens (including phenoxy) is 1. The summed E-state index contributed by atoms with van der Waals surface area (Å²) < 4.78 is 5.77. The number of hydrogen-bond donors (Lipinski definition) is 1. The van der Waals surface area contributed by atoms with Crippen LogP contribution in [0.5, 0.6) is 5.88 Å². The van der Waals surface area contributed by atoms with Gasteiger partial charge in [-0.3, -0.25) is 4.79 Å². The Morgan fingerprint density at radius 1 is 1.30 bits per heavy atom. The number of halogens is 1. The molecule has 1 aliphatic rings. The van der Waals surface area contributed by atoms with Gasteiger partial charge in [0, 0.05) is 29.6 Å². The Labute approximate surface area is 144 Å². The first-order valence-electron chi connectivity index (χ1n) is 7.44. The van der Waals surface area contributed by atoms with Crippen LogP contribution in [0, 0.1) is 0 Å². The van der Waals surface area contributed by atoms with Crippen LogP contribution in [0.15, 0.2) is 42.6 Å². The van der Waals surface area contributed by atoms with Crippen LogP contribution in [-0.4, -0.2) is 28.5 Å². The minimum Gasteiger partial charge on any atom is -0.473 e. The summed E-state index contributed by atoms with van der Waals surface area (Å²) in [4.78, 5) is 16.3. The number of nitrogens with one attached hydrogen (secondary N) is 1. The summed E-state index contributed by atoms with van der Waals surface area (Å²) in [6, 6.07) is 10.9. The van der Waals surface area contributed by atoms with E-state index in [0.717, 1.165) is 23.5 Å². The maximum Gasteiger partial charge on any atom is 0.253 e. The second-order valence-electron chi connectivity index (χ2n) is 5.30. The molecule has 1 saturated heterocycles. The lowest BCUT2D eigenvalue weighted by atomic mass is 10.2. The van der Waals surface area contributed by atoms with Gasteiger partial charge in [-0.1, -0.05) is 23.7 Å². The number of amides is 1. The van der Waals surface area contributed by atoms with E-state index in [1.807, 2.05) is 23.9 Å². The number of benzene rings is 1. The number of carbonyl (C=O) groups excluding carboxylic acids is 1. The fourth-order valence-electron chi connectivity index (χ4n) is 2.25. The van der Waals surface area contributed by atoms with Crippen LogP contribution in [0.25, 0.3) is 0 Å². The number of pyridine rings is 1. The van der Waals surface area contributed by atoms with E-state index in [0.29, 0.717) is 23.0 Å². The van der Waals surface area contributed by atoms with Crippen molar-refractivity contribution in [3.63, 3.8) is 0 Å². The first-order chi connectivity index (χ1) is 11.2. The monoisotopic (exact) mass is 348 g/mol. The minimum absolute atomic E-state index is 0.157. The van der Waals surface area contributed by atoms with E-state index in [1.165, 1.54) is 0 Å². The molecule has 1 amide bonds. The molecular weight excluding hydrogens is 332 g/mol. The molecule has 0 spiro atoms. The molecule has 0 saturated carbocycles. The molecule has 3 rings (SSSR count). The van der Waals surface area contributed by atoms with Crippen molar-refractivity contribution in [1.29, 1.82) is 0 Å². The Hall–Kier alpha value is -1.72. The van der Waals surface area contributed by atoms with Gasteiger partial charge in [-0.25, -0.2) is 4.98 Å². The summed E-state index contributed by atoms with van der Waals surface area (Å²) in [5.74, 6) is 2.56. The Bertz CT molecular complexity index is 655. The molecule has 0 aliphatic carbocycles. The van der Waals surface area contributed by atoms with Crippen LogP contribution in [0.3, 0.4) is 0 Å². The Balaban J connectivity index is 1.53. The van der Waals surface area contributed by atoms with Crippen LogP contribution in [0.4, 0.5) is 0 Å². The predicted molar refractivity (Wildman–Crippen MR) is 93.2 cm³/mol. The second-order valence-corrected chi connectivity index (χ2v) is 6.88. The Morgan fingerprint density at radius 3 is 2.78 bits per heavy atom. The molecular formula is C17H17ClN2O2S. The molecule has 1 aliphatic heterocycles. The summed E-state index contributed by atoms with van der Waals surface area (Å²) in [6.07, 6.45) is 2.83. The van der Waals surface area contributed by atoms with E-state index < -0.39 is 0 Å². The highest BCUT2D eigenvalue weighted by Crippen LogP contribution is 2.22. The Kier molecular flexibility index (Phi) is 5.41. The summed E-state index contributed by atoms with van der Waals surface area (Å²) in [7, 11) is 0. The van der Waals surface area contributed by atoms with Crippen molar-refractivity contribution in [2.75, 3.05) is 11.5 Å².